The first kappa shape index (κ1) is 19.4. The van der Waals surface area contributed by atoms with Crippen LogP contribution >= 0.6 is 11.3 Å². The van der Waals surface area contributed by atoms with Crippen molar-refractivity contribution in [3.05, 3.63) is 70.4 Å². The SMILES string of the molecule is COCCCC(N)=NC(=O)c1ccc2c3ccccc3n(Cc3cccs3)c2c1. The molecule has 0 unspecified atom stereocenters. The van der Waals surface area contributed by atoms with Crippen molar-refractivity contribution in [2.45, 2.75) is 19.4 Å². The number of aromatic nitrogens is 1. The Bertz CT molecular complexity index is 1180. The summed E-state index contributed by atoms with van der Waals surface area (Å²) in [7, 11) is 1.64. The highest BCUT2D eigenvalue weighted by Gasteiger charge is 2.14. The molecule has 0 radical (unpaired) electrons. The number of hydrogen-bond donors (Lipinski definition) is 1. The van der Waals surface area contributed by atoms with Crippen LogP contribution < -0.4 is 5.73 Å². The minimum atomic E-state index is -0.310. The first-order valence-electron chi connectivity index (χ1n) is 9.57. The predicted molar refractivity (Wildman–Crippen MR) is 120 cm³/mol. The predicted octanol–water partition coefficient (Wildman–Crippen LogP) is 4.83. The number of nitrogens with zero attached hydrogens (tertiary/aromatic N) is 2. The summed E-state index contributed by atoms with van der Waals surface area (Å²) in [6, 6.07) is 18.3. The molecule has 0 aliphatic heterocycles. The summed E-state index contributed by atoms with van der Waals surface area (Å²) in [5.41, 5.74) is 8.64. The lowest BCUT2D eigenvalue weighted by atomic mass is 10.1. The number of carbonyl (C=O) groups excluding carboxylic acids is 1. The molecule has 2 N–H and O–H groups in total. The van der Waals surface area contributed by atoms with Crippen molar-refractivity contribution in [2.24, 2.45) is 10.7 Å². The second-order valence-electron chi connectivity index (χ2n) is 6.92. The van der Waals surface area contributed by atoms with Gasteiger partial charge >= 0.3 is 0 Å². The molecule has 0 saturated heterocycles. The van der Waals surface area contributed by atoms with Crippen molar-refractivity contribution in [3.63, 3.8) is 0 Å². The van der Waals surface area contributed by atoms with Crippen molar-refractivity contribution < 1.29 is 9.53 Å². The van der Waals surface area contributed by atoms with Crippen LogP contribution in [0.1, 0.15) is 28.1 Å². The standard InChI is InChI=1S/C23H23N3O2S/c1-28-12-4-9-22(24)25-23(27)16-10-11-19-18-7-2-3-8-20(18)26(21(19)14-16)15-17-6-5-13-29-17/h2-3,5-8,10-11,13-14H,4,9,12,15H2,1H3,(H2,24,25,27). The molecule has 0 bridgehead atoms. The molecule has 1 amide bonds. The van der Waals surface area contributed by atoms with Gasteiger partial charge in [-0.05, 0) is 36.1 Å². The van der Waals surface area contributed by atoms with E-state index in [0.717, 1.165) is 29.4 Å². The molecule has 4 rings (SSSR count). The van der Waals surface area contributed by atoms with E-state index in [2.05, 4.69) is 39.2 Å². The fourth-order valence-corrected chi connectivity index (χ4v) is 4.25. The first-order valence-corrected chi connectivity index (χ1v) is 10.4. The van der Waals surface area contributed by atoms with Gasteiger partial charge < -0.3 is 15.0 Å². The molecule has 0 atom stereocenters. The number of nitrogens with two attached hydrogens (primary N) is 1. The topological polar surface area (TPSA) is 69.6 Å². The summed E-state index contributed by atoms with van der Waals surface area (Å²) in [4.78, 5) is 18.0. The van der Waals surface area contributed by atoms with Gasteiger partial charge in [-0.1, -0.05) is 30.3 Å². The van der Waals surface area contributed by atoms with Gasteiger partial charge in [-0.3, -0.25) is 4.79 Å². The van der Waals surface area contributed by atoms with E-state index in [4.69, 9.17) is 10.5 Å². The molecule has 2 heterocycles. The van der Waals surface area contributed by atoms with Gasteiger partial charge in [0.25, 0.3) is 5.91 Å². The summed E-state index contributed by atoms with van der Waals surface area (Å²) >= 11 is 1.73. The van der Waals surface area contributed by atoms with E-state index < -0.39 is 0 Å². The molecule has 2 aromatic heterocycles. The molecule has 4 aromatic rings. The minimum Gasteiger partial charge on any atom is -0.387 e. The Balaban J connectivity index is 1.73. The number of hydrogen-bond acceptors (Lipinski definition) is 3. The van der Waals surface area contributed by atoms with Crippen LogP contribution in [0, 0.1) is 0 Å². The molecule has 0 aliphatic rings. The van der Waals surface area contributed by atoms with Gasteiger partial charge in [0.15, 0.2) is 0 Å². The van der Waals surface area contributed by atoms with Crippen molar-refractivity contribution in [1.82, 2.24) is 4.57 Å². The molecule has 29 heavy (non-hydrogen) atoms. The van der Waals surface area contributed by atoms with E-state index in [1.807, 2.05) is 30.3 Å². The quantitative estimate of drug-likeness (QED) is 0.272. The summed E-state index contributed by atoms with van der Waals surface area (Å²) in [5.74, 6) is 0.0287. The van der Waals surface area contributed by atoms with Gasteiger partial charge in [-0.25, -0.2) is 0 Å². The maximum atomic E-state index is 12.7. The Kier molecular flexibility index (Phi) is 5.74. The van der Waals surface area contributed by atoms with Crippen LogP contribution in [0.15, 0.2) is 65.0 Å². The molecular formula is C23H23N3O2S. The second kappa shape index (κ2) is 8.59. The van der Waals surface area contributed by atoms with Crippen molar-refractivity contribution >= 4 is 44.9 Å². The van der Waals surface area contributed by atoms with E-state index >= 15 is 0 Å². The number of carbonyl (C=O) groups is 1. The highest BCUT2D eigenvalue weighted by atomic mass is 32.1. The van der Waals surface area contributed by atoms with Gasteiger partial charge in [-0.2, -0.15) is 4.99 Å². The van der Waals surface area contributed by atoms with Gasteiger partial charge in [0.1, 0.15) is 5.84 Å². The number of fused-ring (bicyclic) bond motifs is 3. The molecular weight excluding hydrogens is 382 g/mol. The van der Waals surface area contributed by atoms with E-state index in [9.17, 15) is 4.79 Å². The largest absolute Gasteiger partial charge is 0.387 e. The van der Waals surface area contributed by atoms with Crippen molar-refractivity contribution in [2.75, 3.05) is 13.7 Å². The fourth-order valence-electron chi connectivity index (χ4n) is 3.56. The Morgan fingerprint density at radius 3 is 2.72 bits per heavy atom. The van der Waals surface area contributed by atoms with Crippen molar-refractivity contribution in [3.8, 4) is 0 Å². The smallest absolute Gasteiger partial charge is 0.278 e. The Hall–Kier alpha value is -2.96. The number of ether oxygens (including phenoxy) is 1. The molecule has 5 nitrogen and oxygen atoms in total. The number of para-hydroxylation sites is 1. The van der Waals surface area contributed by atoms with Crippen molar-refractivity contribution in [1.29, 1.82) is 0 Å². The summed E-state index contributed by atoms with van der Waals surface area (Å²) in [6.07, 6.45) is 1.29. The van der Waals surface area contributed by atoms with Crippen LogP contribution in [0.5, 0.6) is 0 Å². The second-order valence-corrected chi connectivity index (χ2v) is 7.95. The lowest BCUT2D eigenvalue weighted by Crippen LogP contribution is -2.15. The van der Waals surface area contributed by atoms with E-state index in [1.165, 1.54) is 10.3 Å². The number of amidine groups is 1. The van der Waals surface area contributed by atoms with E-state index in [1.54, 1.807) is 18.4 Å². The van der Waals surface area contributed by atoms with Crippen LogP contribution in [0.25, 0.3) is 21.8 Å². The van der Waals surface area contributed by atoms with Crippen LogP contribution in [0.3, 0.4) is 0 Å². The maximum absolute atomic E-state index is 12.7. The lowest BCUT2D eigenvalue weighted by molar-refractivity contribution is 0.100. The Morgan fingerprint density at radius 2 is 1.93 bits per heavy atom. The summed E-state index contributed by atoms with van der Waals surface area (Å²) in [6.45, 7) is 1.36. The number of amides is 1. The third-order valence-corrected chi connectivity index (χ3v) is 5.80. The summed E-state index contributed by atoms with van der Waals surface area (Å²) in [5, 5.41) is 4.39. The fraction of sp³-hybridized carbons (Fsp3) is 0.217. The zero-order valence-electron chi connectivity index (χ0n) is 16.3. The monoisotopic (exact) mass is 405 g/mol. The van der Waals surface area contributed by atoms with Crippen LogP contribution in [-0.4, -0.2) is 30.0 Å². The number of benzene rings is 2. The third-order valence-electron chi connectivity index (χ3n) is 4.94. The van der Waals surface area contributed by atoms with Gasteiger partial charge in [0.2, 0.25) is 0 Å². The number of rotatable bonds is 7. The van der Waals surface area contributed by atoms with Gasteiger partial charge in [0, 0.05) is 46.9 Å². The van der Waals surface area contributed by atoms with Crippen LogP contribution in [-0.2, 0) is 11.3 Å². The molecule has 0 saturated carbocycles. The Labute approximate surface area is 173 Å². The van der Waals surface area contributed by atoms with Gasteiger partial charge in [-0.15, -0.1) is 11.3 Å². The zero-order valence-corrected chi connectivity index (χ0v) is 17.1. The molecule has 2 aromatic carbocycles. The number of thiophene rings is 1. The number of methoxy groups -OCH3 is 1. The highest BCUT2D eigenvalue weighted by Crippen LogP contribution is 2.31. The Morgan fingerprint density at radius 1 is 1.10 bits per heavy atom. The van der Waals surface area contributed by atoms with Crippen LogP contribution in [0.2, 0.25) is 0 Å². The molecule has 0 aliphatic carbocycles. The molecule has 6 heteroatoms. The minimum absolute atomic E-state index is 0.310. The average molecular weight is 406 g/mol. The number of aliphatic imine (C=N–C) groups is 1. The van der Waals surface area contributed by atoms with E-state index in [-0.39, 0.29) is 5.91 Å². The molecule has 0 fully saturated rings. The van der Waals surface area contributed by atoms with Crippen LogP contribution in [0.4, 0.5) is 0 Å². The maximum Gasteiger partial charge on any atom is 0.278 e. The average Bonchev–Trinajstić information content (AvgIpc) is 3.35. The molecule has 0 spiro atoms. The molecule has 148 valence electrons. The normalized spacial score (nSPS) is 12.1. The summed E-state index contributed by atoms with van der Waals surface area (Å²) < 4.78 is 7.28. The highest BCUT2D eigenvalue weighted by molar-refractivity contribution is 7.09. The van der Waals surface area contributed by atoms with E-state index in [0.29, 0.717) is 24.4 Å². The zero-order chi connectivity index (χ0) is 20.2. The lowest BCUT2D eigenvalue weighted by Gasteiger charge is -2.07. The van der Waals surface area contributed by atoms with Gasteiger partial charge in [0.05, 0.1) is 12.1 Å². The third kappa shape index (κ3) is 4.09. The first-order chi connectivity index (χ1) is 14.2.